The van der Waals surface area contributed by atoms with Crippen molar-refractivity contribution >= 4 is 29.3 Å². The van der Waals surface area contributed by atoms with Crippen LogP contribution in [0.2, 0.25) is 0 Å². The fraction of sp³-hybridized carbons (Fsp3) is 0.467. The largest absolute Gasteiger partial charge is 0.478 e. The smallest absolute Gasteiger partial charge is 0.328 e. The van der Waals surface area contributed by atoms with Gasteiger partial charge in [-0.25, -0.2) is 4.79 Å². The number of amides is 1. The number of aliphatic carboxylic acids is 1. The summed E-state index contributed by atoms with van der Waals surface area (Å²) in [6.45, 7) is 4.16. The molecule has 0 aliphatic heterocycles. The van der Waals surface area contributed by atoms with Gasteiger partial charge in [-0.2, -0.15) is 0 Å². The number of carboxylic acid groups (broad SMARTS) is 1. The molecule has 1 atom stereocenters. The molecule has 6 heteroatoms. The molecule has 0 saturated heterocycles. The molecule has 1 aromatic rings. The van der Waals surface area contributed by atoms with Crippen LogP contribution < -0.4 is 0 Å². The Balaban J connectivity index is 2.73. The summed E-state index contributed by atoms with van der Waals surface area (Å²) in [5.74, 6) is -1.04. The third-order valence-corrected chi connectivity index (χ3v) is 4.35. The van der Waals surface area contributed by atoms with Crippen molar-refractivity contribution in [1.82, 2.24) is 4.90 Å². The number of hydrogen-bond donors (Lipinski definition) is 1. The highest BCUT2D eigenvalue weighted by atomic mass is 32.1. The van der Waals surface area contributed by atoms with Gasteiger partial charge in [0.2, 0.25) is 0 Å². The second-order valence-corrected chi connectivity index (χ2v) is 5.92. The van der Waals surface area contributed by atoms with Gasteiger partial charge in [-0.1, -0.05) is 6.92 Å². The summed E-state index contributed by atoms with van der Waals surface area (Å²) in [4.78, 5) is 25.3. The lowest BCUT2D eigenvalue weighted by Gasteiger charge is -2.30. The van der Waals surface area contributed by atoms with Gasteiger partial charge in [-0.05, 0) is 36.4 Å². The van der Waals surface area contributed by atoms with E-state index in [-0.39, 0.29) is 5.91 Å². The normalized spacial score (nSPS) is 14.1. The molecule has 1 rings (SSSR count). The van der Waals surface area contributed by atoms with Gasteiger partial charge < -0.3 is 14.7 Å². The molecule has 0 spiro atoms. The molecule has 1 N–H and O–H groups in total. The SMILES string of the molecule is CCC(C)(OC)C(=O)N(C)Cc1csc(/C=C/C(=O)O)c1. The topological polar surface area (TPSA) is 66.8 Å². The van der Waals surface area contributed by atoms with Gasteiger partial charge >= 0.3 is 5.97 Å². The quantitative estimate of drug-likeness (QED) is 0.786. The summed E-state index contributed by atoms with van der Waals surface area (Å²) in [6.07, 6.45) is 3.25. The Morgan fingerprint density at radius 2 is 2.19 bits per heavy atom. The molecule has 21 heavy (non-hydrogen) atoms. The number of nitrogens with zero attached hydrogens (tertiary/aromatic N) is 1. The average molecular weight is 311 g/mol. The van der Waals surface area contributed by atoms with Crippen molar-refractivity contribution in [2.75, 3.05) is 14.2 Å². The number of ether oxygens (including phenoxy) is 1. The van der Waals surface area contributed by atoms with Gasteiger partial charge in [0.15, 0.2) is 0 Å². The number of hydrogen-bond acceptors (Lipinski definition) is 4. The summed E-state index contributed by atoms with van der Waals surface area (Å²) < 4.78 is 5.31. The van der Waals surface area contributed by atoms with Crippen molar-refractivity contribution in [2.24, 2.45) is 0 Å². The van der Waals surface area contributed by atoms with Crippen molar-refractivity contribution in [2.45, 2.75) is 32.4 Å². The minimum Gasteiger partial charge on any atom is -0.478 e. The van der Waals surface area contributed by atoms with Crippen LogP contribution >= 0.6 is 11.3 Å². The number of methoxy groups -OCH3 is 1. The van der Waals surface area contributed by atoms with Crippen LogP contribution in [0, 0.1) is 0 Å². The summed E-state index contributed by atoms with van der Waals surface area (Å²) in [7, 11) is 3.27. The molecule has 116 valence electrons. The lowest BCUT2D eigenvalue weighted by molar-refractivity contribution is -0.152. The average Bonchev–Trinajstić information content (AvgIpc) is 2.90. The molecule has 0 saturated carbocycles. The Morgan fingerprint density at radius 3 is 2.71 bits per heavy atom. The molecule has 0 bridgehead atoms. The third kappa shape index (κ3) is 4.68. The van der Waals surface area contributed by atoms with Crippen molar-refractivity contribution < 1.29 is 19.4 Å². The zero-order valence-electron chi connectivity index (χ0n) is 12.8. The van der Waals surface area contributed by atoms with Crippen molar-refractivity contribution in [3.8, 4) is 0 Å². The van der Waals surface area contributed by atoms with Gasteiger partial charge in [-0.15, -0.1) is 11.3 Å². The van der Waals surface area contributed by atoms with Gasteiger partial charge in [0.1, 0.15) is 5.60 Å². The summed E-state index contributed by atoms with van der Waals surface area (Å²) in [6, 6.07) is 1.88. The second-order valence-electron chi connectivity index (χ2n) is 4.98. The van der Waals surface area contributed by atoms with Crippen molar-refractivity contribution in [3.63, 3.8) is 0 Å². The molecule has 0 aliphatic rings. The van der Waals surface area contributed by atoms with Crippen LogP contribution in [0.15, 0.2) is 17.5 Å². The van der Waals surface area contributed by atoms with E-state index in [2.05, 4.69) is 0 Å². The van der Waals surface area contributed by atoms with Gasteiger partial charge in [0.25, 0.3) is 5.91 Å². The van der Waals surface area contributed by atoms with E-state index in [9.17, 15) is 9.59 Å². The molecule has 0 radical (unpaired) electrons. The fourth-order valence-corrected chi connectivity index (χ4v) is 2.65. The molecule has 0 aliphatic carbocycles. The maximum Gasteiger partial charge on any atom is 0.328 e. The van der Waals surface area contributed by atoms with E-state index in [1.54, 1.807) is 24.9 Å². The van der Waals surface area contributed by atoms with Crippen LogP contribution in [0.1, 0.15) is 30.7 Å². The van der Waals surface area contributed by atoms with Gasteiger partial charge in [-0.3, -0.25) is 4.79 Å². The molecule has 0 aromatic carbocycles. The second kappa shape index (κ2) is 7.38. The van der Waals surface area contributed by atoms with Crippen LogP contribution in [0.5, 0.6) is 0 Å². The highest BCUT2D eigenvalue weighted by molar-refractivity contribution is 7.11. The highest BCUT2D eigenvalue weighted by Gasteiger charge is 2.33. The first kappa shape index (κ1) is 17.4. The number of carbonyl (C=O) groups is 2. The van der Waals surface area contributed by atoms with Crippen molar-refractivity contribution in [1.29, 1.82) is 0 Å². The summed E-state index contributed by atoms with van der Waals surface area (Å²) >= 11 is 1.44. The lowest BCUT2D eigenvalue weighted by atomic mass is 10.0. The Bertz CT molecular complexity index is 532. The third-order valence-electron chi connectivity index (χ3n) is 3.41. The highest BCUT2D eigenvalue weighted by Crippen LogP contribution is 2.21. The number of carboxylic acids is 1. The standard InChI is InChI=1S/C15H21NO4S/c1-5-15(2,20-4)14(19)16(3)9-11-8-12(21-10-11)6-7-13(17)18/h6-8,10H,5,9H2,1-4H3,(H,17,18)/b7-6+. The molecule has 5 nitrogen and oxygen atoms in total. The van der Waals surface area contributed by atoms with Crippen molar-refractivity contribution in [3.05, 3.63) is 28.0 Å². The molecule has 0 fully saturated rings. The maximum absolute atomic E-state index is 12.4. The predicted octanol–water partition coefficient (Wildman–Crippen LogP) is 2.62. The molecular formula is C15H21NO4S. The monoisotopic (exact) mass is 311 g/mol. The predicted molar refractivity (Wildman–Crippen MR) is 83.2 cm³/mol. The van der Waals surface area contributed by atoms with Crippen LogP contribution in [0.4, 0.5) is 0 Å². The molecule has 1 unspecified atom stereocenters. The lowest BCUT2D eigenvalue weighted by Crippen LogP contribution is -2.46. The number of carbonyl (C=O) groups excluding carboxylic acids is 1. The van der Waals surface area contributed by atoms with E-state index >= 15 is 0 Å². The van der Waals surface area contributed by atoms with E-state index < -0.39 is 11.6 Å². The maximum atomic E-state index is 12.4. The van der Waals surface area contributed by atoms with E-state index in [1.165, 1.54) is 18.4 Å². The molecular weight excluding hydrogens is 290 g/mol. The Hall–Kier alpha value is -1.66. The Morgan fingerprint density at radius 1 is 1.52 bits per heavy atom. The van der Waals surface area contributed by atoms with E-state index in [0.29, 0.717) is 13.0 Å². The first-order chi connectivity index (χ1) is 9.82. The first-order valence-corrected chi connectivity index (χ1v) is 7.49. The molecule has 1 heterocycles. The summed E-state index contributed by atoms with van der Waals surface area (Å²) in [5, 5.41) is 10.5. The zero-order valence-corrected chi connectivity index (χ0v) is 13.6. The molecule has 1 amide bonds. The van der Waals surface area contributed by atoms with Gasteiger partial charge in [0.05, 0.1) is 0 Å². The van der Waals surface area contributed by atoms with E-state index in [4.69, 9.17) is 9.84 Å². The first-order valence-electron chi connectivity index (χ1n) is 6.61. The van der Waals surface area contributed by atoms with Gasteiger partial charge in [0, 0.05) is 31.7 Å². The number of rotatable bonds is 7. The fourth-order valence-electron chi connectivity index (χ4n) is 1.85. The van der Waals surface area contributed by atoms with Crippen LogP contribution in [-0.2, 0) is 20.9 Å². The Kier molecular flexibility index (Phi) is 6.11. The van der Waals surface area contributed by atoms with E-state index in [1.807, 2.05) is 18.4 Å². The molecule has 1 aromatic heterocycles. The minimum absolute atomic E-state index is 0.0682. The number of likely N-dealkylation sites (N-methyl/N-ethyl adjacent to an activating group) is 1. The zero-order chi connectivity index (χ0) is 16.0. The van der Waals surface area contributed by atoms with Crippen LogP contribution in [0.25, 0.3) is 6.08 Å². The Labute approximate surface area is 128 Å². The summed E-state index contributed by atoms with van der Waals surface area (Å²) in [5.41, 5.74) is 0.159. The van der Waals surface area contributed by atoms with Crippen LogP contribution in [-0.4, -0.2) is 41.6 Å². The number of thiophene rings is 1. The van der Waals surface area contributed by atoms with E-state index in [0.717, 1.165) is 16.5 Å². The minimum atomic E-state index is -0.976. The van der Waals surface area contributed by atoms with Crippen LogP contribution in [0.3, 0.4) is 0 Å².